The van der Waals surface area contributed by atoms with Gasteiger partial charge in [0.15, 0.2) is 0 Å². The minimum absolute atomic E-state index is 0.406. The van der Waals surface area contributed by atoms with Gasteiger partial charge in [0.25, 0.3) is 0 Å². The van der Waals surface area contributed by atoms with Crippen LogP contribution < -0.4 is 0 Å². The van der Waals surface area contributed by atoms with Crippen molar-refractivity contribution in [3.05, 3.63) is 0 Å². The molecule has 0 atom stereocenters. The molecule has 0 rings (SSSR count). The highest BCUT2D eigenvalue weighted by atomic mass is 32.3. The Morgan fingerprint density at radius 2 is 2.17 bits per heavy atom. The van der Waals surface area contributed by atoms with Crippen LogP contribution in [0.3, 0.4) is 0 Å². The molecule has 0 amide bonds. The van der Waals surface area contributed by atoms with E-state index in [-0.39, 0.29) is 0 Å². The number of unbranched alkanes of at least 4 members (excludes halogenated alkanes) is 2. The first-order chi connectivity index (χ1) is 5.56. The van der Waals surface area contributed by atoms with Crippen LogP contribution in [0.4, 0.5) is 0 Å². The minimum atomic E-state index is -4.57. The van der Waals surface area contributed by atoms with Gasteiger partial charge in [-0.25, -0.2) is 12.0 Å². The SMILES string of the molecule is N#CCCCCSOS(=O)(=O)[O-]. The Bertz CT molecular complexity index is 243. The molecular weight excluding hydrogens is 202 g/mol. The third-order valence-corrected chi connectivity index (χ3v) is 2.40. The molecule has 5 nitrogen and oxygen atoms in total. The number of hydrogen-bond donors (Lipinski definition) is 0. The van der Waals surface area contributed by atoms with Gasteiger partial charge >= 0.3 is 0 Å². The fourth-order valence-corrected chi connectivity index (χ4v) is 1.52. The van der Waals surface area contributed by atoms with E-state index in [2.05, 4.69) is 3.63 Å². The molecule has 0 aromatic rings. The van der Waals surface area contributed by atoms with E-state index < -0.39 is 10.4 Å². The topological polar surface area (TPSA) is 90.2 Å². The molecular formula is C5H8NO4S2-. The lowest BCUT2D eigenvalue weighted by molar-refractivity contribution is 0.391. The lowest BCUT2D eigenvalue weighted by Crippen LogP contribution is -1.98. The van der Waals surface area contributed by atoms with E-state index in [1.807, 2.05) is 6.07 Å². The first-order valence-corrected chi connectivity index (χ1v) is 5.44. The zero-order valence-corrected chi connectivity index (χ0v) is 7.86. The first kappa shape index (κ1) is 11.7. The zero-order valence-electron chi connectivity index (χ0n) is 6.23. The summed E-state index contributed by atoms with van der Waals surface area (Å²) >= 11 is 0.601. The molecule has 0 aliphatic heterocycles. The summed E-state index contributed by atoms with van der Waals surface area (Å²) in [5, 5.41) is 8.12. The van der Waals surface area contributed by atoms with Crippen molar-refractivity contribution in [2.75, 3.05) is 5.75 Å². The molecule has 0 aliphatic carbocycles. The predicted octanol–water partition coefficient (Wildman–Crippen LogP) is 0.805. The van der Waals surface area contributed by atoms with Gasteiger partial charge in [-0.2, -0.15) is 5.26 Å². The molecule has 70 valence electrons. The van der Waals surface area contributed by atoms with E-state index >= 15 is 0 Å². The number of rotatable bonds is 6. The van der Waals surface area contributed by atoms with Gasteiger partial charge in [-0.05, 0) is 12.8 Å². The molecule has 0 saturated carbocycles. The van der Waals surface area contributed by atoms with Crippen molar-refractivity contribution < 1.29 is 16.6 Å². The molecule has 0 aliphatic rings. The monoisotopic (exact) mass is 210 g/mol. The second kappa shape index (κ2) is 6.25. The smallest absolute Gasteiger partial charge is 0.228 e. The van der Waals surface area contributed by atoms with Crippen LogP contribution in [0, 0.1) is 11.3 Å². The van der Waals surface area contributed by atoms with Crippen LogP contribution in [0.2, 0.25) is 0 Å². The second-order valence-corrected chi connectivity index (χ2v) is 3.92. The zero-order chi connectivity index (χ0) is 9.45. The maximum Gasteiger partial charge on any atom is 0.228 e. The largest absolute Gasteiger partial charge is 0.725 e. The predicted molar refractivity (Wildman–Crippen MR) is 42.7 cm³/mol. The highest BCUT2D eigenvalue weighted by Crippen LogP contribution is 2.09. The van der Waals surface area contributed by atoms with Crippen LogP contribution in [-0.4, -0.2) is 18.7 Å². The Morgan fingerprint density at radius 3 is 2.67 bits per heavy atom. The summed E-state index contributed by atoms with van der Waals surface area (Å²) in [6.45, 7) is 0. The van der Waals surface area contributed by atoms with Gasteiger partial charge in [0.1, 0.15) is 0 Å². The summed E-state index contributed by atoms with van der Waals surface area (Å²) in [6.07, 6.45) is 1.78. The molecule has 0 bridgehead atoms. The van der Waals surface area contributed by atoms with Crippen LogP contribution in [-0.2, 0) is 14.0 Å². The molecule has 0 aromatic carbocycles. The Labute approximate surface area is 75.9 Å². The lowest BCUT2D eigenvalue weighted by Gasteiger charge is -2.04. The number of nitrogens with zero attached hydrogens (tertiary/aromatic N) is 1. The van der Waals surface area contributed by atoms with E-state index in [9.17, 15) is 13.0 Å². The minimum Gasteiger partial charge on any atom is -0.725 e. The van der Waals surface area contributed by atoms with E-state index in [1.165, 1.54) is 0 Å². The Hall–Kier alpha value is -0.290. The van der Waals surface area contributed by atoms with E-state index in [0.717, 1.165) is 0 Å². The van der Waals surface area contributed by atoms with Gasteiger partial charge in [0.05, 0.1) is 6.07 Å². The number of hydrogen-bond acceptors (Lipinski definition) is 6. The van der Waals surface area contributed by atoms with Gasteiger partial charge in [0, 0.05) is 24.2 Å². The molecule has 0 N–H and O–H groups in total. The maximum absolute atomic E-state index is 9.87. The van der Waals surface area contributed by atoms with Gasteiger partial charge in [-0.1, -0.05) is 0 Å². The van der Waals surface area contributed by atoms with Crippen molar-refractivity contribution in [2.24, 2.45) is 0 Å². The van der Waals surface area contributed by atoms with Crippen molar-refractivity contribution in [1.29, 1.82) is 5.26 Å². The van der Waals surface area contributed by atoms with Gasteiger partial charge in [-0.3, -0.25) is 0 Å². The van der Waals surface area contributed by atoms with Crippen LogP contribution in [0.1, 0.15) is 19.3 Å². The number of nitriles is 1. The average Bonchev–Trinajstić information content (AvgIpc) is 1.94. The highest BCUT2D eigenvalue weighted by molar-refractivity contribution is 8.02. The molecule has 0 heterocycles. The van der Waals surface area contributed by atoms with Gasteiger partial charge in [-0.15, -0.1) is 0 Å². The third-order valence-electron chi connectivity index (χ3n) is 0.898. The second-order valence-electron chi connectivity index (χ2n) is 1.91. The Balaban J connectivity index is 3.18. The van der Waals surface area contributed by atoms with Crippen LogP contribution in [0.15, 0.2) is 0 Å². The van der Waals surface area contributed by atoms with Gasteiger partial charge in [0.2, 0.25) is 10.4 Å². The average molecular weight is 210 g/mol. The fourth-order valence-electron chi connectivity index (χ4n) is 0.458. The summed E-state index contributed by atoms with van der Waals surface area (Å²) in [5.41, 5.74) is 0. The van der Waals surface area contributed by atoms with Crippen molar-refractivity contribution in [1.82, 2.24) is 0 Å². The maximum atomic E-state index is 9.87. The lowest BCUT2D eigenvalue weighted by atomic mass is 10.3. The highest BCUT2D eigenvalue weighted by Gasteiger charge is 1.95. The van der Waals surface area contributed by atoms with Crippen LogP contribution in [0.5, 0.6) is 0 Å². The normalized spacial score (nSPS) is 11.0. The molecule has 0 aromatic heterocycles. The summed E-state index contributed by atoms with van der Waals surface area (Å²) in [7, 11) is -4.57. The van der Waals surface area contributed by atoms with Crippen molar-refractivity contribution in [2.45, 2.75) is 19.3 Å². The Kier molecular flexibility index (Phi) is 6.10. The van der Waals surface area contributed by atoms with Crippen molar-refractivity contribution >= 4 is 22.4 Å². The summed E-state index contributed by atoms with van der Waals surface area (Å²) < 4.78 is 33.5. The summed E-state index contributed by atoms with van der Waals surface area (Å²) in [4.78, 5) is 0. The molecule has 0 spiro atoms. The quantitative estimate of drug-likeness (QED) is 0.279. The van der Waals surface area contributed by atoms with Crippen LogP contribution >= 0.6 is 12.0 Å². The van der Waals surface area contributed by atoms with E-state index in [1.54, 1.807) is 0 Å². The first-order valence-electron chi connectivity index (χ1n) is 3.20. The standard InChI is InChI=1S/C5H9NO4S2/c6-4-2-1-3-5-11-10-12(7,8)9/h1-3,5H2,(H,7,8,9)/p-1. The molecule has 0 saturated heterocycles. The molecule has 0 fully saturated rings. The van der Waals surface area contributed by atoms with Crippen molar-refractivity contribution in [3.63, 3.8) is 0 Å². The van der Waals surface area contributed by atoms with Gasteiger partial charge < -0.3 is 4.55 Å². The molecule has 7 heteroatoms. The molecule has 0 radical (unpaired) electrons. The van der Waals surface area contributed by atoms with Crippen LogP contribution in [0.25, 0.3) is 0 Å². The Morgan fingerprint density at radius 1 is 1.50 bits per heavy atom. The summed E-state index contributed by atoms with van der Waals surface area (Å²) in [6, 6.07) is 1.94. The van der Waals surface area contributed by atoms with E-state index in [0.29, 0.717) is 37.1 Å². The third kappa shape index (κ3) is 9.71. The molecule has 0 unspecified atom stereocenters. The summed E-state index contributed by atoms with van der Waals surface area (Å²) in [5.74, 6) is 0.406. The molecule has 12 heavy (non-hydrogen) atoms. The fraction of sp³-hybridized carbons (Fsp3) is 0.800. The van der Waals surface area contributed by atoms with E-state index in [4.69, 9.17) is 5.26 Å². The van der Waals surface area contributed by atoms with Crippen molar-refractivity contribution in [3.8, 4) is 6.07 Å².